The van der Waals surface area contributed by atoms with Crippen molar-refractivity contribution in [1.82, 2.24) is 15.1 Å². The van der Waals surface area contributed by atoms with Crippen LogP contribution in [0.3, 0.4) is 0 Å². The summed E-state index contributed by atoms with van der Waals surface area (Å²) in [6.45, 7) is 11.0. The number of piperidine rings is 1. The van der Waals surface area contributed by atoms with Gasteiger partial charge in [0.2, 0.25) is 0 Å². The first-order chi connectivity index (χ1) is 8.60. The zero-order valence-corrected chi connectivity index (χ0v) is 12.5. The molecule has 1 saturated heterocycles. The quantitative estimate of drug-likeness (QED) is 0.703. The highest BCUT2D eigenvalue weighted by molar-refractivity contribution is 4.88. The van der Waals surface area contributed by atoms with Crippen molar-refractivity contribution < 1.29 is 4.39 Å². The monoisotopic (exact) mass is 259 g/mol. The first kappa shape index (κ1) is 15.9. The Hall–Kier alpha value is -0.190. The number of hydrogen-bond acceptors (Lipinski definition) is 3. The van der Waals surface area contributed by atoms with Crippen LogP contribution in [-0.4, -0.2) is 67.8 Å². The maximum absolute atomic E-state index is 14.3. The van der Waals surface area contributed by atoms with E-state index in [-0.39, 0.29) is 6.04 Å². The van der Waals surface area contributed by atoms with Crippen molar-refractivity contribution >= 4 is 0 Å². The molecule has 0 amide bonds. The molecule has 0 aliphatic carbocycles. The summed E-state index contributed by atoms with van der Waals surface area (Å²) in [7, 11) is 1.97. The topological polar surface area (TPSA) is 18.5 Å². The smallest absolute Gasteiger partial charge is 0.128 e. The summed E-state index contributed by atoms with van der Waals surface area (Å²) < 4.78 is 14.3. The van der Waals surface area contributed by atoms with E-state index in [1.165, 1.54) is 0 Å². The zero-order chi connectivity index (χ0) is 13.5. The molecule has 3 nitrogen and oxygen atoms in total. The number of likely N-dealkylation sites (tertiary alicyclic amines) is 1. The minimum Gasteiger partial charge on any atom is -0.320 e. The Balaban J connectivity index is 2.44. The fourth-order valence-electron chi connectivity index (χ4n) is 2.81. The van der Waals surface area contributed by atoms with Gasteiger partial charge in [0, 0.05) is 25.2 Å². The van der Waals surface area contributed by atoms with Gasteiger partial charge in [-0.05, 0) is 53.4 Å². The van der Waals surface area contributed by atoms with Crippen LogP contribution in [-0.2, 0) is 0 Å². The molecule has 108 valence electrons. The SMILES string of the molecule is CCN(CCCNC)C1CCN(C(C)C)CC1F. The molecule has 0 saturated carbocycles. The van der Waals surface area contributed by atoms with E-state index in [1.807, 2.05) is 7.05 Å². The van der Waals surface area contributed by atoms with Gasteiger partial charge < -0.3 is 5.32 Å². The van der Waals surface area contributed by atoms with Crippen LogP contribution in [0.1, 0.15) is 33.6 Å². The number of hydrogen-bond donors (Lipinski definition) is 1. The Morgan fingerprint density at radius 2 is 2.17 bits per heavy atom. The standard InChI is InChI=1S/C14H30FN3/c1-5-17(9-6-8-16-4)14-7-10-18(12(2)3)11-13(14)15/h12-14,16H,5-11H2,1-4H3. The second-order valence-electron chi connectivity index (χ2n) is 5.55. The lowest BCUT2D eigenvalue weighted by Crippen LogP contribution is -2.54. The van der Waals surface area contributed by atoms with Gasteiger partial charge in [-0.2, -0.15) is 0 Å². The van der Waals surface area contributed by atoms with Crippen LogP contribution in [0.25, 0.3) is 0 Å². The van der Waals surface area contributed by atoms with Crippen molar-refractivity contribution in [2.75, 3.05) is 39.8 Å². The normalized spacial score (nSPS) is 26.2. The third-order valence-corrected chi connectivity index (χ3v) is 4.02. The summed E-state index contributed by atoms with van der Waals surface area (Å²) in [6, 6.07) is 0.588. The molecule has 0 aromatic heterocycles. The lowest BCUT2D eigenvalue weighted by atomic mass is 9.99. The van der Waals surface area contributed by atoms with Gasteiger partial charge in [0.25, 0.3) is 0 Å². The Morgan fingerprint density at radius 1 is 1.44 bits per heavy atom. The molecule has 1 aliphatic rings. The Morgan fingerprint density at radius 3 is 2.67 bits per heavy atom. The average molecular weight is 259 g/mol. The minimum atomic E-state index is -0.698. The molecule has 1 fully saturated rings. The molecule has 1 aliphatic heterocycles. The average Bonchev–Trinajstić information content (AvgIpc) is 2.35. The van der Waals surface area contributed by atoms with Crippen LogP contribution in [0.2, 0.25) is 0 Å². The maximum atomic E-state index is 14.3. The largest absolute Gasteiger partial charge is 0.320 e. The fraction of sp³-hybridized carbons (Fsp3) is 1.00. The molecule has 4 heteroatoms. The first-order valence-corrected chi connectivity index (χ1v) is 7.36. The molecule has 0 aromatic carbocycles. The molecule has 0 spiro atoms. The van der Waals surface area contributed by atoms with Crippen LogP contribution in [0.4, 0.5) is 4.39 Å². The van der Waals surface area contributed by atoms with Crippen LogP contribution in [0.5, 0.6) is 0 Å². The Kier molecular flexibility index (Phi) is 7.12. The Bertz CT molecular complexity index is 223. The third kappa shape index (κ3) is 4.48. The molecule has 1 rings (SSSR count). The van der Waals surface area contributed by atoms with Crippen LogP contribution in [0.15, 0.2) is 0 Å². The van der Waals surface area contributed by atoms with E-state index in [1.54, 1.807) is 0 Å². The molecule has 0 aromatic rings. The van der Waals surface area contributed by atoms with Crippen molar-refractivity contribution in [2.24, 2.45) is 0 Å². The van der Waals surface area contributed by atoms with E-state index in [0.29, 0.717) is 12.6 Å². The highest BCUT2D eigenvalue weighted by Crippen LogP contribution is 2.21. The molecular formula is C14H30FN3. The van der Waals surface area contributed by atoms with E-state index in [4.69, 9.17) is 0 Å². The summed E-state index contributed by atoms with van der Waals surface area (Å²) in [5, 5.41) is 3.15. The molecule has 0 radical (unpaired) electrons. The second kappa shape index (κ2) is 8.08. The summed E-state index contributed by atoms with van der Waals surface area (Å²) in [5.41, 5.74) is 0. The summed E-state index contributed by atoms with van der Waals surface area (Å²) in [4.78, 5) is 4.57. The van der Waals surface area contributed by atoms with E-state index >= 15 is 0 Å². The van der Waals surface area contributed by atoms with Crippen molar-refractivity contribution in [3.05, 3.63) is 0 Å². The Labute approximate surface area is 112 Å². The van der Waals surface area contributed by atoms with Crippen LogP contribution in [0, 0.1) is 0 Å². The number of halogens is 1. The van der Waals surface area contributed by atoms with Gasteiger partial charge in [-0.25, -0.2) is 4.39 Å². The predicted octanol–water partition coefficient (Wildman–Crippen LogP) is 1.74. The molecular weight excluding hydrogens is 229 g/mol. The van der Waals surface area contributed by atoms with Gasteiger partial charge in [-0.1, -0.05) is 6.92 Å². The first-order valence-electron chi connectivity index (χ1n) is 7.36. The van der Waals surface area contributed by atoms with Gasteiger partial charge in [0.1, 0.15) is 6.17 Å². The highest BCUT2D eigenvalue weighted by Gasteiger charge is 2.33. The lowest BCUT2D eigenvalue weighted by Gasteiger charge is -2.41. The van der Waals surface area contributed by atoms with Gasteiger partial charge in [-0.15, -0.1) is 0 Å². The number of alkyl halides is 1. The second-order valence-corrected chi connectivity index (χ2v) is 5.55. The van der Waals surface area contributed by atoms with E-state index < -0.39 is 6.17 Å². The minimum absolute atomic E-state index is 0.127. The zero-order valence-electron chi connectivity index (χ0n) is 12.5. The van der Waals surface area contributed by atoms with Crippen LogP contribution >= 0.6 is 0 Å². The number of nitrogens with one attached hydrogen (secondary N) is 1. The molecule has 0 bridgehead atoms. The van der Waals surface area contributed by atoms with Gasteiger partial charge in [0.15, 0.2) is 0 Å². The molecule has 1 N–H and O–H groups in total. The fourth-order valence-corrected chi connectivity index (χ4v) is 2.81. The van der Waals surface area contributed by atoms with E-state index in [9.17, 15) is 4.39 Å². The van der Waals surface area contributed by atoms with E-state index in [2.05, 4.69) is 35.9 Å². The van der Waals surface area contributed by atoms with Gasteiger partial charge in [0.05, 0.1) is 0 Å². The number of rotatable bonds is 7. The summed E-state index contributed by atoms with van der Waals surface area (Å²) >= 11 is 0. The lowest BCUT2D eigenvalue weighted by molar-refractivity contribution is 0.0242. The molecule has 2 atom stereocenters. The predicted molar refractivity (Wildman–Crippen MR) is 75.8 cm³/mol. The molecule has 18 heavy (non-hydrogen) atoms. The summed E-state index contributed by atoms with van der Waals surface area (Å²) in [6.07, 6.45) is 1.37. The van der Waals surface area contributed by atoms with Crippen molar-refractivity contribution in [1.29, 1.82) is 0 Å². The summed E-state index contributed by atoms with van der Waals surface area (Å²) in [5.74, 6) is 0. The third-order valence-electron chi connectivity index (χ3n) is 4.02. The van der Waals surface area contributed by atoms with Crippen LogP contribution < -0.4 is 5.32 Å². The van der Waals surface area contributed by atoms with Gasteiger partial charge in [-0.3, -0.25) is 9.80 Å². The van der Waals surface area contributed by atoms with Crippen molar-refractivity contribution in [3.8, 4) is 0 Å². The maximum Gasteiger partial charge on any atom is 0.128 e. The van der Waals surface area contributed by atoms with Crippen molar-refractivity contribution in [2.45, 2.75) is 51.9 Å². The number of nitrogens with zero attached hydrogens (tertiary/aromatic N) is 2. The van der Waals surface area contributed by atoms with Gasteiger partial charge >= 0.3 is 0 Å². The highest BCUT2D eigenvalue weighted by atomic mass is 19.1. The molecule has 2 unspecified atom stereocenters. The van der Waals surface area contributed by atoms with E-state index in [0.717, 1.165) is 39.0 Å². The molecule has 1 heterocycles. The van der Waals surface area contributed by atoms with Crippen molar-refractivity contribution in [3.63, 3.8) is 0 Å².